The van der Waals surface area contributed by atoms with Crippen LogP contribution in [0.15, 0.2) is 27.5 Å². The molecule has 1 aromatic heterocycles. The van der Waals surface area contributed by atoms with Gasteiger partial charge < -0.3 is 20.2 Å². The molecule has 0 bridgehead atoms. The Kier molecular flexibility index (Phi) is 7.79. The van der Waals surface area contributed by atoms with Crippen LogP contribution in [0.5, 0.6) is 0 Å². The van der Waals surface area contributed by atoms with Gasteiger partial charge >= 0.3 is 6.09 Å². The van der Waals surface area contributed by atoms with E-state index in [9.17, 15) is 4.79 Å². The number of anilines is 1. The number of fused-ring (bicyclic) bond motifs is 1. The maximum atomic E-state index is 10.7. The summed E-state index contributed by atoms with van der Waals surface area (Å²) in [7, 11) is 0. The molecule has 1 heterocycles. The van der Waals surface area contributed by atoms with Gasteiger partial charge in [0.25, 0.3) is 6.01 Å². The van der Waals surface area contributed by atoms with Gasteiger partial charge in [-0.2, -0.15) is 4.98 Å². The first-order valence-corrected chi connectivity index (χ1v) is 10.1. The van der Waals surface area contributed by atoms with Gasteiger partial charge in [0.05, 0.1) is 0 Å². The van der Waals surface area contributed by atoms with Crippen LogP contribution in [0.4, 0.5) is 10.8 Å². The van der Waals surface area contributed by atoms with Crippen LogP contribution in [-0.2, 0) is 0 Å². The normalized spacial score (nSPS) is 12.9. The lowest BCUT2D eigenvalue weighted by molar-refractivity contribution is 0.191. The van der Waals surface area contributed by atoms with Gasteiger partial charge in [-0.05, 0) is 55.8 Å². The number of carbonyl (C=O) groups is 1. The van der Waals surface area contributed by atoms with Crippen molar-refractivity contribution in [3.63, 3.8) is 0 Å². The predicted molar refractivity (Wildman–Crippen MR) is 110 cm³/mol. The molecule has 1 amide bonds. The summed E-state index contributed by atoms with van der Waals surface area (Å²) in [5, 5.41) is 14.4. The van der Waals surface area contributed by atoms with Crippen molar-refractivity contribution < 1.29 is 14.3 Å². The van der Waals surface area contributed by atoms with Crippen molar-refractivity contribution >= 4 is 35.2 Å². The Balaban J connectivity index is 2.07. The van der Waals surface area contributed by atoms with E-state index in [1.54, 1.807) is 11.9 Å². The van der Waals surface area contributed by atoms with Crippen LogP contribution in [-0.4, -0.2) is 46.2 Å². The molecule has 0 fully saturated rings. The number of oxazole rings is 1. The second kappa shape index (κ2) is 9.85. The van der Waals surface area contributed by atoms with Gasteiger partial charge in [0.15, 0.2) is 5.58 Å². The summed E-state index contributed by atoms with van der Waals surface area (Å²) in [6.07, 6.45) is -0.980. The lowest BCUT2D eigenvalue weighted by Crippen LogP contribution is -2.33. The Morgan fingerprint density at radius 3 is 2.63 bits per heavy atom. The van der Waals surface area contributed by atoms with E-state index in [0.717, 1.165) is 29.1 Å². The van der Waals surface area contributed by atoms with Gasteiger partial charge in [-0.15, -0.1) is 0 Å². The third-order valence-electron chi connectivity index (χ3n) is 3.69. The molecule has 0 aliphatic heterocycles. The van der Waals surface area contributed by atoms with Gasteiger partial charge in [0, 0.05) is 30.6 Å². The van der Waals surface area contributed by atoms with Crippen molar-refractivity contribution in [2.45, 2.75) is 45.6 Å². The Bertz CT molecular complexity index is 748. The summed E-state index contributed by atoms with van der Waals surface area (Å²) in [4.78, 5) is 16.2. The second-order valence-electron chi connectivity index (χ2n) is 7.57. The van der Waals surface area contributed by atoms with E-state index < -0.39 is 6.09 Å². The largest absolute Gasteiger partial charge is 0.465 e. The highest BCUT2D eigenvalue weighted by atomic mass is 32.2. The fourth-order valence-corrected chi connectivity index (χ4v) is 3.94. The molecule has 2 rings (SSSR count). The number of rotatable bonds is 10. The molecular weight excluding hydrogens is 364 g/mol. The first-order chi connectivity index (χ1) is 12.7. The van der Waals surface area contributed by atoms with Gasteiger partial charge in [-0.1, -0.05) is 20.8 Å². The molecule has 8 heteroatoms. The topological polar surface area (TPSA) is 90.6 Å². The number of nitrogens with one attached hydrogen (secondary N) is 2. The van der Waals surface area contributed by atoms with Crippen LogP contribution >= 0.6 is 11.9 Å². The predicted octanol–water partition coefficient (Wildman–Crippen LogP) is 4.52. The fourth-order valence-electron chi connectivity index (χ4n) is 2.65. The molecule has 0 aliphatic rings. The maximum absolute atomic E-state index is 10.7. The third-order valence-corrected chi connectivity index (χ3v) is 4.71. The molecule has 150 valence electrons. The first kappa shape index (κ1) is 21.4. The molecule has 0 spiro atoms. The van der Waals surface area contributed by atoms with Crippen LogP contribution in [0.3, 0.4) is 0 Å². The summed E-state index contributed by atoms with van der Waals surface area (Å²) < 4.78 is 8.08. The lowest BCUT2D eigenvalue weighted by Gasteiger charge is -2.26. The molecule has 1 atom stereocenters. The molecule has 2 aromatic rings. The monoisotopic (exact) mass is 394 g/mol. The summed E-state index contributed by atoms with van der Waals surface area (Å²) >= 11 is 1.67. The summed E-state index contributed by atoms with van der Waals surface area (Å²) in [5.74, 6) is 0.719. The van der Waals surface area contributed by atoms with Crippen molar-refractivity contribution in [1.82, 2.24) is 14.6 Å². The Morgan fingerprint density at radius 2 is 2.00 bits per heavy atom. The number of aromatic nitrogens is 1. The van der Waals surface area contributed by atoms with Crippen molar-refractivity contribution in [1.29, 1.82) is 0 Å². The van der Waals surface area contributed by atoms with Crippen LogP contribution in [0.25, 0.3) is 11.1 Å². The minimum absolute atomic E-state index is 0.211. The fraction of sp³-hybridized carbons (Fsp3) is 0.579. The molecule has 7 nitrogen and oxygen atoms in total. The Labute approximate surface area is 165 Å². The van der Waals surface area contributed by atoms with Crippen LogP contribution in [0.1, 0.15) is 34.6 Å². The summed E-state index contributed by atoms with van der Waals surface area (Å²) in [6.45, 7) is 12.6. The number of nitrogens with zero attached hydrogens (tertiary/aromatic N) is 2. The summed E-state index contributed by atoms with van der Waals surface area (Å²) in [6, 6.07) is 6.81. The second-order valence-corrected chi connectivity index (χ2v) is 8.74. The van der Waals surface area contributed by atoms with Crippen LogP contribution in [0.2, 0.25) is 0 Å². The Hall–Kier alpha value is -1.93. The quantitative estimate of drug-likeness (QED) is 0.510. The average Bonchev–Trinajstić information content (AvgIpc) is 2.92. The molecule has 1 unspecified atom stereocenters. The van der Waals surface area contributed by atoms with E-state index in [1.165, 1.54) is 0 Å². The number of amides is 1. The summed E-state index contributed by atoms with van der Waals surface area (Å²) in [5.41, 5.74) is 1.59. The lowest BCUT2D eigenvalue weighted by atomic mass is 10.1. The van der Waals surface area contributed by atoms with Crippen molar-refractivity contribution in [3.8, 4) is 0 Å². The number of hydrogen-bond acceptors (Lipinski definition) is 6. The van der Waals surface area contributed by atoms with Gasteiger partial charge in [-0.3, -0.25) is 0 Å². The van der Waals surface area contributed by atoms with E-state index in [0.29, 0.717) is 18.5 Å². The molecule has 0 aliphatic carbocycles. The number of benzene rings is 1. The molecule has 0 radical (unpaired) electrons. The minimum Gasteiger partial charge on any atom is -0.465 e. The smallest absolute Gasteiger partial charge is 0.404 e. The van der Waals surface area contributed by atoms with Gasteiger partial charge in [0.1, 0.15) is 5.52 Å². The van der Waals surface area contributed by atoms with Gasteiger partial charge in [-0.25, -0.2) is 9.10 Å². The van der Waals surface area contributed by atoms with E-state index >= 15 is 0 Å². The van der Waals surface area contributed by atoms with Crippen molar-refractivity contribution in [2.75, 3.05) is 25.0 Å². The highest BCUT2D eigenvalue weighted by Gasteiger charge is 2.15. The standard InChI is InChI=1S/C19H30N4O3S/c1-12(2)10-23(11-14(5)9-20-19(24)25)27-15-6-7-16-17(8-15)26-18(22-16)21-13(3)4/h6-8,12-14,20H,9-11H2,1-5H3,(H,21,22)(H,24,25). The zero-order valence-corrected chi connectivity index (χ0v) is 17.5. The zero-order valence-electron chi connectivity index (χ0n) is 16.7. The van der Waals surface area contributed by atoms with Crippen LogP contribution < -0.4 is 10.6 Å². The van der Waals surface area contributed by atoms with Crippen molar-refractivity contribution in [3.05, 3.63) is 18.2 Å². The minimum atomic E-state index is -0.980. The maximum Gasteiger partial charge on any atom is 0.404 e. The first-order valence-electron chi connectivity index (χ1n) is 9.29. The van der Waals surface area contributed by atoms with Crippen molar-refractivity contribution in [2.24, 2.45) is 11.8 Å². The average molecular weight is 395 g/mol. The molecule has 0 saturated carbocycles. The SMILES string of the molecule is CC(C)CN(CC(C)CNC(=O)O)Sc1ccc2nc(NC(C)C)oc2c1. The molecular formula is C19H30N4O3S. The number of hydrogen-bond donors (Lipinski definition) is 3. The molecule has 1 aromatic carbocycles. The van der Waals surface area contributed by atoms with Gasteiger partial charge in [0.2, 0.25) is 0 Å². The van der Waals surface area contributed by atoms with E-state index in [1.807, 2.05) is 39.0 Å². The van der Waals surface area contributed by atoms with Crippen LogP contribution in [0, 0.1) is 11.8 Å². The van der Waals surface area contributed by atoms with E-state index in [2.05, 4.69) is 33.8 Å². The molecule has 3 N–H and O–H groups in total. The highest BCUT2D eigenvalue weighted by Crippen LogP contribution is 2.29. The zero-order chi connectivity index (χ0) is 20.0. The molecule has 0 saturated heterocycles. The number of carboxylic acid groups (broad SMARTS) is 1. The highest BCUT2D eigenvalue weighted by molar-refractivity contribution is 7.97. The van der Waals surface area contributed by atoms with E-state index in [4.69, 9.17) is 9.52 Å². The van der Waals surface area contributed by atoms with E-state index in [-0.39, 0.29) is 12.0 Å². The Morgan fingerprint density at radius 1 is 1.26 bits per heavy atom. The third kappa shape index (κ3) is 7.30. The molecule has 27 heavy (non-hydrogen) atoms.